The van der Waals surface area contributed by atoms with Gasteiger partial charge in [-0.3, -0.25) is 4.98 Å². The van der Waals surface area contributed by atoms with Crippen molar-refractivity contribution in [1.82, 2.24) is 4.98 Å². The zero-order valence-corrected chi connectivity index (χ0v) is 6.39. The van der Waals surface area contributed by atoms with E-state index in [0.29, 0.717) is 10.6 Å². The molecular formula is C7H8ClNO. The molecule has 0 fully saturated rings. The summed E-state index contributed by atoms with van der Waals surface area (Å²) >= 11 is 5.79. The van der Waals surface area contributed by atoms with Crippen molar-refractivity contribution in [2.75, 3.05) is 0 Å². The second-order valence-corrected chi connectivity index (χ2v) is 2.47. The fraction of sp³-hybridized carbons (Fsp3) is 0.286. The van der Waals surface area contributed by atoms with Crippen molar-refractivity contribution in [2.45, 2.75) is 13.5 Å². The lowest BCUT2D eigenvalue weighted by molar-refractivity contribution is 0.281. The zero-order chi connectivity index (χ0) is 7.56. The molecule has 0 aliphatic heterocycles. The molecule has 0 amide bonds. The molecule has 1 aromatic heterocycles. The van der Waals surface area contributed by atoms with Crippen molar-refractivity contribution >= 4 is 11.6 Å². The van der Waals surface area contributed by atoms with Crippen molar-refractivity contribution < 1.29 is 5.11 Å². The van der Waals surface area contributed by atoms with Gasteiger partial charge in [0.15, 0.2) is 0 Å². The third kappa shape index (κ3) is 1.28. The number of halogens is 1. The molecule has 0 aliphatic rings. The standard InChI is InChI=1S/C7H8ClNO/c1-5-2-9-3-6(4-10)7(5)8/h2-3,10H,4H2,1H3. The van der Waals surface area contributed by atoms with E-state index in [2.05, 4.69) is 4.98 Å². The molecule has 0 unspecified atom stereocenters. The third-order valence-electron chi connectivity index (χ3n) is 1.30. The molecule has 1 aromatic rings. The number of hydrogen-bond donors (Lipinski definition) is 1. The Morgan fingerprint density at radius 2 is 2.30 bits per heavy atom. The number of hydrogen-bond acceptors (Lipinski definition) is 2. The minimum Gasteiger partial charge on any atom is -0.392 e. The van der Waals surface area contributed by atoms with Crippen LogP contribution in [0.3, 0.4) is 0 Å². The number of aliphatic hydroxyl groups is 1. The maximum atomic E-state index is 8.72. The monoisotopic (exact) mass is 157 g/mol. The molecule has 0 aliphatic carbocycles. The van der Waals surface area contributed by atoms with Crippen molar-refractivity contribution in [1.29, 1.82) is 0 Å². The van der Waals surface area contributed by atoms with Crippen LogP contribution in [-0.4, -0.2) is 10.1 Å². The molecule has 1 rings (SSSR count). The van der Waals surface area contributed by atoms with Gasteiger partial charge in [0.2, 0.25) is 0 Å². The van der Waals surface area contributed by atoms with E-state index in [-0.39, 0.29) is 6.61 Å². The minimum atomic E-state index is -0.0481. The van der Waals surface area contributed by atoms with Crippen LogP contribution < -0.4 is 0 Å². The van der Waals surface area contributed by atoms with Gasteiger partial charge in [-0.05, 0) is 12.5 Å². The van der Waals surface area contributed by atoms with Crippen LogP contribution in [0.2, 0.25) is 5.02 Å². The number of pyridine rings is 1. The van der Waals surface area contributed by atoms with Crippen LogP contribution in [0.15, 0.2) is 12.4 Å². The Morgan fingerprint density at radius 3 is 2.80 bits per heavy atom. The summed E-state index contributed by atoms with van der Waals surface area (Å²) in [6, 6.07) is 0. The highest BCUT2D eigenvalue weighted by atomic mass is 35.5. The lowest BCUT2D eigenvalue weighted by atomic mass is 10.2. The van der Waals surface area contributed by atoms with Gasteiger partial charge in [-0.2, -0.15) is 0 Å². The molecule has 0 saturated heterocycles. The number of rotatable bonds is 1. The van der Waals surface area contributed by atoms with Gasteiger partial charge in [0.1, 0.15) is 0 Å². The van der Waals surface area contributed by atoms with Gasteiger partial charge in [0.05, 0.1) is 11.6 Å². The van der Waals surface area contributed by atoms with E-state index in [1.54, 1.807) is 12.4 Å². The van der Waals surface area contributed by atoms with Crippen molar-refractivity contribution in [2.24, 2.45) is 0 Å². The van der Waals surface area contributed by atoms with Gasteiger partial charge in [-0.25, -0.2) is 0 Å². The molecule has 3 heteroatoms. The lowest BCUT2D eigenvalue weighted by Gasteiger charge is -2.00. The molecule has 0 aromatic carbocycles. The summed E-state index contributed by atoms with van der Waals surface area (Å²) in [7, 11) is 0. The molecule has 0 bridgehead atoms. The highest BCUT2D eigenvalue weighted by Crippen LogP contribution is 2.18. The molecule has 1 N–H and O–H groups in total. The Bertz CT molecular complexity index is 237. The predicted molar refractivity (Wildman–Crippen MR) is 39.9 cm³/mol. The largest absolute Gasteiger partial charge is 0.392 e. The molecule has 0 atom stereocenters. The van der Waals surface area contributed by atoms with Gasteiger partial charge in [0.25, 0.3) is 0 Å². The molecule has 54 valence electrons. The minimum absolute atomic E-state index is 0.0481. The van der Waals surface area contributed by atoms with Crippen LogP contribution in [0.5, 0.6) is 0 Å². The second kappa shape index (κ2) is 2.99. The number of aliphatic hydroxyl groups excluding tert-OH is 1. The first-order valence-electron chi connectivity index (χ1n) is 2.95. The van der Waals surface area contributed by atoms with E-state index < -0.39 is 0 Å². The fourth-order valence-corrected chi connectivity index (χ4v) is 0.873. The molecule has 0 spiro atoms. The average Bonchev–Trinajstić information content (AvgIpc) is 1.95. The fourth-order valence-electron chi connectivity index (χ4n) is 0.716. The number of aromatic nitrogens is 1. The Kier molecular flexibility index (Phi) is 2.25. The summed E-state index contributed by atoms with van der Waals surface area (Å²) < 4.78 is 0. The smallest absolute Gasteiger partial charge is 0.0711 e. The molecular weight excluding hydrogens is 150 g/mol. The van der Waals surface area contributed by atoms with E-state index >= 15 is 0 Å². The first kappa shape index (κ1) is 7.51. The number of nitrogens with zero attached hydrogens (tertiary/aromatic N) is 1. The molecule has 1 heterocycles. The molecule has 0 radical (unpaired) electrons. The van der Waals surface area contributed by atoms with Crippen molar-refractivity contribution in [3.63, 3.8) is 0 Å². The summed E-state index contributed by atoms with van der Waals surface area (Å²) in [6.45, 7) is 1.81. The van der Waals surface area contributed by atoms with Crippen LogP contribution >= 0.6 is 11.6 Å². The topological polar surface area (TPSA) is 33.1 Å². The number of aryl methyl sites for hydroxylation is 1. The summed E-state index contributed by atoms with van der Waals surface area (Å²) in [6.07, 6.45) is 3.23. The normalized spacial score (nSPS) is 9.90. The van der Waals surface area contributed by atoms with Gasteiger partial charge in [-0.15, -0.1) is 0 Å². The zero-order valence-electron chi connectivity index (χ0n) is 5.63. The molecule has 10 heavy (non-hydrogen) atoms. The Morgan fingerprint density at radius 1 is 1.60 bits per heavy atom. The average molecular weight is 158 g/mol. The Labute approximate surface area is 64.5 Å². The second-order valence-electron chi connectivity index (χ2n) is 2.09. The van der Waals surface area contributed by atoms with Crippen LogP contribution in [0.4, 0.5) is 0 Å². The molecule has 0 saturated carbocycles. The van der Waals surface area contributed by atoms with Crippen LogP contribution in [0.25, 0.3) is 0 Å². The summed E-state index contributed by atoms with van der Waals surface area (Å²) in [4.78, 5) is 3.87. The van der Waals surface area contributed by atoms with Crippen LogP contribution in [0.1, 0.15) is 11.1 Å². The van der Waals surface area contributed by atoms with Gasteiger partial charge < -0.3 is 5.11 Å². The van der Waals surface area contributed by atoms with Gasteiger partial charge in [-0.1, -0.05) is 11.6 Å². The van der Waals surface area contributed by atoms with Gasteiger partial charge >= 0.3 is 0 Å². The summed E-state index contributed by atoms with van der Waals surface area (Å²) in [5, 5.41) is 9.33. The first-order valence-corrected chi connectivity index (χ1v) is 3.33. The predicted octanol–water partition coefficient (Wildman–Crippen LogP) is 1.54. The maximum absolute atomic E-state index is 8.72. The SMILES string of the molecule is Cc1cncc(CO)c1Cl. The highest BCUT2D eigenvalue weighted by molar-refractivity contribution is 6.32. The van der Waals surface area contributed by atoms with E-state index in [0.717, 1.165) is 5.56 Å². The Balaban J connectivity index is 3.14. The highest BCUT2D eigenvalue weighted by Gasteiger charge is 2.00. The Hall–Kier alpha value is -0.600. The quantitative estimate of drug-likeness (QED) is 0.671. The van der Waals surface area contributed by atoms with Crippen LogP contribution in [-0.2, 0) is 6.61 Å². The van der Waals surface area contributed by atoms with Crippen molar-refractivity contribution in [3.05, 3.63) is 28.5 Å². The van der Waals surface area contributed by atoms with E-state index in [9.17, 15) is 0 Å². The van der Waals surface area contributed by atoms with Crippen molar-refractivity contribution in [3.8, 4) is 0 Å². The summed E-state index contributed by atoms with van der Waals surface area (Å²) in [5.74, 6) is 0. The lowest BCUT2D eigenvalue weighted by Crippen LogP contribution is -1.88. The van der Waals surface area contributed by atoms with E-state index in [1.165, 1.54) is 0 Å². The van der Waals surface area contributed by atoms with Crippen LogP contribution in [0, 0.1) is 6.92 Å². The first-order chi connectivity index (χ1) is 4.75. The van der Waals surface area contributed by atoms with E-state index in [1.807, 2.05) is 6.92 Å². The van der Waals surface area contributed by atoms with E-state index in [4.69, 9.17) is 16.7 Å². The molecule has 2 nitrogen and oxygen atoms in total. The maximum Gasteiger partial charge on any atom is 0.0711 e. The van der Waals surface area contributed by atoms with Gasteiger partial charge in [0, 0.05) is 18.0 Å². The summed E-state index contributed by atoms with van der Waals surface area (Å²) in [5.41, 5.74) is 1.58. The third-order valence-corrected chi connectivity index (χ3v) is 1.84.